The Morgan fingerprint density at radius 2 is 1.83 bits per heavy atom. The maximum atomic E-state index is 5.49. The molecule has 1 atom stereocenters. The van der Waals surface area contributed by atoms with Crippen molar-refractivity contribution in [1.29, 1.82) is 0 Å². The molecule has 0 saturated heterocycles. The molecule has 0 aliphatic rings. The predicted molar refractivity (Wildman–Crippen MR) is 73.6 cm³/mol. The summed E-state index contributed by atoms with van der Waals surface area (Å²) in [5, 5.41) is 3.31. The average molecular weight is 253 g/mol. The zero-order valence-electron chi connectivity index (χ0n) is 11.7. The van der Waals surface area contributed by atoms with E-state index in [1.165, 1.54) is 0 Å². The second-order valence-electron chi connectivity index (χ2n) is 4.70. The lowest BCUT2D eigenvalue weighted by atomic mass is 10.2. The molecule has 0 aliphatic heterocycles. The summed E-state index contributed by atoms with van der Waals surface area (Å²) in [4.78, 5) is 8.92. The number of nitrogens with zero attached hydrogens (tertiary/aromatic N) is 2. The van der Waals surface area contributed by atoms with Gasteiger partial charge >= 0.3 is 0 Å². The van der Waals surface area contributed by atoms with E-state index in [1.54, 1.807) is 7.11 Å². The zero-order valence-corrected chi connectivity index (χ0v) is 11.7. The van der Waals surface area contributed by atoms with Gasteiger partial charge in [-0.1, -0.05) is 13.8 Å². The molecule has 0 aliphatic carbocycles. The normalized spacial score (nSPS) is 12.6. The van der Waals surface area contributed by atoms with E-state index in [4.69, 9.17) is 10.6 Å². The summed E-state index contributed by atoms with van der Waals surface area (Å²) in [5.74, 6) is 7.95. The molecule has 0 amide bonds. The fourth-order valence-corrected chi connectivity index (χ4v) is 1.60. The maximum absolute atomic E-state index is 5.49. The number of nitrogens with two attached hydrogens (primary N) is 1. The highest BCUT2D eigenvalue weighted by Crippen LogP contribution is 2.22. The van der Waals surface area contributed by atoms with E-state index in [9.17, 15) is 0 Å². The molecule has 0 fully saturated rings. The molecule has 1 aromatic rings. The Kier molecular flexibility index (Phi) is 5.30. The summed E-state index contributed by atoms with van der Waals surface area (Å²) in [5.41, 5.74) is 3.52. The van der Waals surface area contributed by atoms with Gasteiger partial charge in [-0.25, -0.2) is 15.8 Å². The highest BCUT2D eigenvalue weighted by atomic mass is 16.5. The third-order valence-electron chi connectivity index (χ3n) is 2.62. The van der Waals surface area contributed by atoms with E-state index < -0.39 is 0 Å². The van der Waals surface area contributed by atoms with Crippen LogP contribution in [-0.2, 0) is 4.74 Å². The number of aromatic nitrogens is 2. The van der Waals surface area contributed by atoms with Crippen molar-refractivity contribution < 1.29 is 4.74 Å². The second-order valence-corrected chi connectivity index (χ2v) is 4.70. The number of methoxy groups -OCH3 is 1. The van der Waals surface area contributed by atoms with Gasteiger partial charge < -0.3 is 15.5 Å². The van der Waals surface area contributed by atoms with Crippen molar-refractivity contribution in [2.45, 2.75) is 39.7 Å². The average Bonchev–Trinajstić information content (AvgIpc) is 2.31. The maximum Gasteiger partial charge on any atom is 0.148 e. The summed E-state index contributed by atoms with van der Waals surface area (Å²) in [6.45, 7) is 8.68. The number of nitrogen functional groups attached to an aromatic ring is 1. The molecule has 1 rings (SSSR count). The first-order valence-corrected chi connectivity index (χ1v) is 6.10. The molecular formula is C12H23N5O. The zero-order chi connectivity index (χ0) is 13.7. The van der Waals surface area contributed by atoms with Crippen LogP contribution in [0.25, 0.3) is 0 Å². The Labute approximate surface area is 108 Å². The molecule has 6 heteroatoms. The Hall–Kier alpha value is -1.40. The van der Waals surface area contributed by atoms with Crippen LogP contribution in [-0.4, -0.2) is 29.7 Å². The van der Waals surface area contributed by atoms with Crippen LogP contribution in [0, 0.1) is 6.92 Å². The van der Waals surface area contributed by atoms with Gasteiger partial charge in [-0.05, 0) is 13.8 Å². The topological polar surface area (TPSA) is 85.1 Å². The van der Waals surface area contributed by atoms with E-state index in [2.05, 4.69) is 20.7 Å². The van der Waals surface area contributed by atoms with E-state index in [-0.39, 0.29) is 12.0 Å². The number of nitrogens with one attached hydrogen (secondary N) is 2. The van der Waals surface area contributed by atoms with E-state index in [0.29, 0.717) is 12.4 Å². The van der Waals surface area contributed by atoms with Crippen molar-refractivity contribution in [3.8, 4) is 0 Å². The van der Waals surface area contributed by atoms with Crippen LogP contribution in [0.4, 0.5) is 11.6 Å². The van der Waals surface area contributed by atoms with Crippen molar-refractivity contribution in [2.75, 3.05) is 24.5 Å². The van der Waals surface area contributed by atoms with E-state index in [0.717, 1.165) is 17.2 Å². The summed E-state index contributed by atoms with van der Waals surface area (Å²) in [7, 11) is 1.68. The van der Waals surface area contributed by atoms with Gasteiger partial charge in [0, 0.05) is 24.6 Å². The lowest BCUT2D eigenvalue weighted by molar-refractivity contribution is 0.190. The molecule has 102 valence electrons. The van der Waals surface area contributed by atoms with Gasteiger partial charge in [0.2, 0.25) is 0 Å². The summed E-state index contributed by atoms with van der Waals surface area (Å²) in [6.07, 6.45) is 0. The van der Waals surface area contributed by atoms with Crippen molar-refractivity contribution in [3.05, 3.63) is 11.4 Å². The van der Waals surface area contributed by atoms with Crippen LogP contribution in [0.2, 0.25) is 0 Å². The third-order valence-corrected chi connectivity index (χ3v) is 2.62. The van der Waals surface area contributed by atoms with E-state index in [1.807, 2.05) is 27.7 Å². The first-order chi connectivity index (χ1) is 8.49. The molecule has 1 unspecified atom stereocenters. The van der Waals surface area contributed by atoms with Crippen LogP contribution in [0.5, 0.6) is 0 Å². The minimum absolute atomic E-state index is 0.175. The first-order valence-electron chi connectivity index (χ1n) is 6.10. The van der Waals surface area contributed by atoms with E-state index >= 15 is 0 Å². The highest BCUT2D eigenvalue weighted by Gasteiger charge is 2.14. The minimum atomic E-state index is 0.175. The summed E-state index contributed by atoms with van der Waals surface area (Å²) >= 11 is 0. The molecule has 0 saturated carbocycles. The molecule has 0 aromatic carbocycles. The van der Waals surface area contributed by atoms with Crippen LogP contribution in [0.1, 0.15) is 38.1 Å². The Morgan fingerprint density at radius 1 is 1.22 bits per heavy atom. The number of anilines is 2. The van der Waals surface area contributed by atoms with Crippen molar-refractivity contribution in [3.63, 3.8) is 0 Å². The molecule has 0 radical (unpaired) electrons. The summed E-state index contributed by atoms with van der Waals surface area (Å²) in [6, 6.07) is 0.175. The molecule has 4 N–H and O–H groups in total. The quantitative estimate of drug-likeness (QED) is 0.528. The van der Waals surface area contributed by atoms with Gasteiger partial charge in [0.15, 0.2) is 0 Å². The largest absolute Gasteiger partial charge is 0.383 e. The monoisotopic (exact) mass is 253 g/mol. The molecule has 6 nitrogen and oxygen atoms in total. The standard InChI is InChI=1S/C12H23N5O/c1-7(2)10-15-11(14-8(3)6-18-5)9(4)12(16-10)17-13/h7-8H,6,13H2,1-5H3,(H2,14,15,16,17). The second kappa shape index (κ2) is 6.51. The molecule has 0 bridgehead atoms. The van der Waals surface area contributed by atoms with Crippen molar-refractivity contribution in [1.82, 2.24) is 9.97 Å². The van der Waals surface area contributed by atoms with Gasteiger partial charge in [-0.15, -0.1) is 0 Å². The Bertz CT molecular complexity index is 394. The molecule has 18 heavy (non-hydrogen) atoms. The van der Waals surface area contributed by atoms with Crippen molar-refractivity contribution in [2.24, 2.45) is 5.84 Å². The number of ether oxygens (including phenoxy) is 1. The fourth-order valence-electron chi connectivity index (χ4n) is 1.60. The van der Waals surface area contributed by atoms with Crippen LogP contribution in [0.15, 0.2) is 0 Å². The van der Waals surface area contributed by atoms with Gasteiger partial charge in [0.05, 0.1) is 6.61 Å². The third kappa shape index (κ3) is 3.54. The molecular weight excluding hydrogens is 230 g/mol. The van der Waals surface area contributed by atoms with Crippen molar-refractivity contribution >= 4 is 11.6 Å². The fraction of sp³-hybridized carbons (Fsp3) is 0.667. The predicted octanol–water partition coefficient (Wildman–Crippen LogP) is 1.64. The lowest BCUT2D eigenvalue weighted by Gasteiger charge is -2.18. The summed E-state index contributed by atoms with van der Waals surface area (Å²) < 4.78 is 5.10. The molecule has 1 aromatic heterocycles. The lowest BCUT2D eigenvalue weighted by Crippen LogP contribution is -2.23. The van der Waals surface area contributed by atoms with Gasteiger partial charge in [0.25, 0.3) is 0 Å². The Balaban J connectivity index is 3.04. The first kappa shape index (κ1) is 14.7. The minimum Gasteiger partial charge on any atom is -0.383 e. The molecule has 0 spiro atoms. The van der Waals surface area contributed by atoms with Crippen LogP contribution < -0.4 is 16.6 Å². The van der Waals surface area contributed by atoms with Gasteiger partial charge in [-0.2, -0.15) is 0 Å². The molecule has 1 heterocycles. The highest BCUT2D eigenvalue weighted by molar-refractivity contribution is 5.57. The number of hydrazine groups is 1. The van der Waals surface area contributed by atoms with Crippen LogP contribution in [0.3, 0.4) is 0 Å². The number of hydrogen-bond acceptors (Lipinski definition) is 6. The van der Waals surface area contributed by atoms with Crippen LogP contribution >= 0.6 is 0 Å². The van der Waals surface area contributed by atoms with Gasteiger partial charge in [0.1, 0.15) is 17.5 Å². The SMILES string of the molecule is COCC(C)Nc1nc(C(C)C)nc(NN)c1C. The number of hydrogen-bond donors (Lipinski definition) is 3. The Morgan fingerprint density at radius 3 is 2.33 bits per heavy atom. The smallest absolute Gasteiger partial charge is 0.148 e. The van der Waals surface area contributed by atoms with Gasteiger partial charge in [-0.3, -0.25) is 0 Å². The number of rotatable bonds is 6.